The summed E-state index contributed by atoms with van der Waals surface area (Å²) in [5, 5.41) is 11.1. The average Bonchev–Trinajstić information content (AvgIpc) is 2.47. The fraction of sp³-hybridized carbons (Fsp3) is 0.647. The summed E-state index contributed by atoms with van der Waals surface area (Å²) in [6.45, 7) is 8.96. The highest BCUT2D eigenvalue weighted by molar-refractivity contribution is 5.19. The van der Waals surface area contributed by atoms with Crippen molar-refractivity contribution in [2.75, 3.05) is 13.2 Å². The summed E-state index contributed by atoms with van der Waals surface area (Å²) in [5.41, 5.74) is 5.04. The summed E-state index contributed by atoms with van der Waals surface area (Å²) in [4.78, 5) is 0. The van der Waals surface area contributed by atoms with Gasteiger partial charge < -0.3 is 15.6 Å². The first-order valence-corrected chi connectivity index (χ1v) is 7.62. The molecule has 0 saturated heterocycles. The lowest BCUT2D eigenvalue weighted by atomic mass is 9.72. The number of aliphatic hydroxyl groups is 1. The van der Waals surface area contributed by atoms with Crippen molar-refractivity contribution in [3.63, 3.8) is 0 Å². The van der Waals surface area contributed by atoms with Crippen molar-refractivity contribution in [3.05, 3.63) is 36.6 Å². The van der Waals surface area contributed by atoms with Crippen LogP contribution in [0.2, 0.25) is 0 Å². The molecule has 20 heavy (non-hydrogen) atoms. The van der Waals surface area contributed by atoms with Crippen LogP contribution in [0.1, 0.15) is 39.5 Å². The summed E-state index contributed by atoms with van der Waals surface area (Å²) in [7, 11) is 0. The Balaban J connectivity index is 2.72. The standard InChI is InChI=1S/C17H29NO2/c1-4-6-11-20-16-9-7-8-15(12-16)17(19,10-5-2)14(3)13-18/h4,7-9,14-15,19H,1,5-6,10-13,18H2,2-3H3. The highest BCUT2D eigenvalue weighted by atomic mass is 16.5. The molecule has 0 bridgehead atoms. The third kappa shape index (κ3) is 4.22. The van der Waals surface area contributed by atoms with Crippen molar-refractivity contribution in [2.45, 2.75) is 45.1 Å². The molecule has 0 amide bonds. The van der Waals surface area contributed by atoms with Crippen molar-refractivity contribution < 1.29 is 9.84 Å². The second kappa shape index (κ2) is 8.28. The molecule has 1 aliphatic rings. The predicted molar refractivity (Wildman–Crippen MR) is 84.2 cm³/mol. The topological polar surface area (TPSA) is 55.5 Å². The van der Waals surface area contributed by atoms with Crippen LogP contribution in [0.4, 0.5) is 0 Å². The summed E-state index contributed by atoms with van der Waals surface area (Å²) in [5.74, 6) is 1.09. The van der Waals surface area contributed by atoms with E-state index in [1.807, 2.05) is 25.2 Å². The van der Waals surface area contributed by atoms with Gasteiger partial charge in [0.25, 0.3) is 0 Å². The second-order valence-corrected chi connectivity index (χ2v) is 5.63. The van der Waals surface area contributed by atoms with Crippen molar-refractivity contribution in [2.24, 2.45) is 17.6 Å². The molecule has 1 aliphatic carbocycles. The molecule has 0 aromatic heterocycles. The number of hydrogen-bond donors (Lipinski definition) is 2. The number of nitrogens with two attached hydrogens (primary N) is 1. The molecule has 3 nitrogen and oxygen atoms in total. The van der Waals surface area contributed by atoms with E-state index < -0.39 is 5.60 Å². The minimum Gasteiger partial charge on any atom is -0.498 e. The first-order chi connectivity index (χ1) is 9.58. The Bertz CT molecular complexity index is 362. The molecule has 0 aromatic rings. The van der Waals surface area contributed by atoms with Gasteiger partial charge in [-0.05, 0) is 31.4 Å². The molecule has 0 aromatic carbocycles. The van der Waals surface area contributed by atoms with E-state index in [1.54, 1.807) is 0 Å². The molecular formula is C17H29NO2. The van der Waals surface area contributed by atoms with E-state index in [4.69, 9.17) is 10.5 Å². The average molecular weight is 279 g/mol. The van der Waals surface area contributed by atoms with Gasteiger partial charge in [0.1, 0.15) is 0 Å². The fourth-order valence-electron chi connectivity index (χ4n) is 2.78. The van der Waals surface area contributed by atoms with Gasteiger partial charge in [0, 0.05) is 12.3 Å². The SMILES string of the molecule is C=CCCOC1=CC=CC(C(O)(CCC)C(C)CN)C1. The first-order valence-electron chi connectivity index (χ1n) is 7.62. The predicted octanol–water partition coefficient (Wildman–Crippen LogP) is 3.17. The normalized spacial score (nSPS) is 22.8. The van der Waals surface area contributed by atoms with Crippen LogP contribution in [-0.4, -0.2) is 23.9 Å². The minimum absolute atomic E-state index is 0.0737. The van der Waals surface area contributed by atoms with Gasteiger partial charge in [0.05, 0.1) is 18.0 Å². The Labute approximate surface area is 123 Å². The van der Waals surface area contributed by atoms with Crippen molar-refractivity contribution in [3.8, 4) is 0 Å². The summed E-state index contributed by atoms with van der Waals surface area (Å²) in [6, 6.07) is 0. The van der Waals surface area contributed by atoms with E-state index >= 15 is 0 Å². The zero-order valence-electron chi connectivity index (χ0n) is 12.8. The van der Waals surface area contributed by atoms with Crippen LogP contribution in [0.5, 0.6) is 0 Å². The smallest absolute Gasteiger partial charge is 0.0966 e. The van der Waals surface area contributed by atoms with E-state index in [9.17, 15) is 5.11 Å². The number of hydrogen-bond acceptors (Lipinski definition) is 3. The van der Waals surface area contributed by atoms with E-state index in [1.165, 1.54) is 0 Å². The Morgan fingerprint density at radius 2 is 2.40 bits per heavy atom. The van der Waals surface area contributed by atoms with Gasteiger partial charge in [-0.15, -0.1) is 6.58 Å². The van der Waals surface area contributed by atoms with Gasteiger partial charge in [-0.25, -0.2) is 0 Å². The van der Waals surface area contributed by atoms with Crippen LogP contribution in [0.3, 0.4) is 0 Å². The van der Waals surface area contributed by atoms with Crippen molar-refractivity contribution in [1.82, 2.24) is 0 Å². The molecule has 3 atom stereocenters. The van der Waals surface area contributed by atoms with Crippen molar-refractivity contribution >= 4 is 0 Å². The molecule has 0 aliphatic heterocycles. The summed E-state index contributed by atoms with van der Waals surface area (Å²) >= 11 is 0. The molecule has 1 rings (SSSR count). The Kier molecular flexibility index (Phi) is 7.03. The maximum Gasteiger partial charge on any atom is 0.0966 e. The molecule has 0 radical (unpaired) electrons. The lowest BCUT2D eigenvalue weighted by Gasteiger charge is -2.40. The monoisotopic (exact) mass is 279 g/mol. The zero-order valence-corrected chi connectivity index (χ0v) is 12.8. The van der Waals surface area contributed by atoms with E-state index in [0.29, 0.717) is 13.2 Å². The second-order valence-electron chi connectivity index (χ2n) is 5.63. The molecule has 3 N–H and O–H groups in total. The van der Waals surface area contributed by atoms with E-state index in [-0.39, 0.29) is 11.8 Å². The number of rotatable bonds is 9. The third-order valence-electron chi connectivity index (χ3n) is 4.16. The number of allylic oxidation sites excluding steroid dienone is 3. The van der Waals surface area contributed by atoms with Crippen LogP contribution >= 0.6 is 0 Å². The van der Waals surface area contributed by atoms with Gasteiger partial charge >= 0.3 is 0 Å². The molecule has 0 heterocycles. The van der Waals surface area contributed by atoms with Gasteiger partial charge in [-0.3, -0.25) is 0 Å². The maximum absolute atomic E-state index is 11.1. The number of ether oxygens (including phenoxy) is 1. The molecule has 0 fully saturated rings. The largest absolute Gasteiger partial charge is 0.498 e. The van der Waals surface area contributed by atoms with Crippen LogP contribution in [0.15, 0.2) is 36.6 Å². The van der Waals surface area contributed by atoms with E-state index in [2.05, 4.69) is 19.6 Å². The highest BCUT2D eigenvalue weighted by Crippen LogP contribution is 2.37. The molecule has 3 unspecified atom stereocenters. The quantitative estimate of drug-likeness (QED) is 0.503. The van der Waals surface area contributed by atoms with Crippen LogP contribution in [0.25, 0.3) is 0 Å². The molecular weight excluding hydrogens is 250 g/mol. The lowest BCUT2D eigenvalue weighted by Crippen LogP contribution is -2.46. The van der Waals surface area contributed by atoms with Gasteiger partial charge in [0.15, 0.2) is 0 Å². The molecule has 114 valence electrons. The van der Waals surface area contributed by atoms with E-state index in [0.717, 1.165) is 31.4 Å². The maximum atomic E-state index is 11.1. The fourth-order valence-corrected chi connectivity index (χ4v) is 2.78. The van der Waals surface area contributed by atoms with Crippen LogP contribution in [-0.2, 0) is 4.74 Å². The van der Waals surface area contributed by atoms with Gasteiger partial charge in [-0.1, -0.05) is 38.5 Å². The van der Waals surface area contributed by atoms with Gasteiger partial charge in [-0.2, -0.15) is 0 Å². The minimum atomic E-state index is -0.749. The van der Waals surface area contributed by atoms with Crippen LogP contribution < -0.4 is 5.73 Å². The molecule has 3 heteroatoms. The van der Waals surface area contributed by atoms with Crippen LogP contribution in [0, 0.1) is 11.8 Å². The summed E-state index contributed by atoms with van der Waals surface area (Å²) in [6.07, 6.45) is 11.2. The first kappa shape index (κ1) is 17.0. The Morgan fingerprint density at radius 3 is 3.00 bits per heavy atom. The summed E-state index contributed by atoms with van der Waals surface area (Å²) < 4.78 is 5.74. The molecule has 0 spiro atoms. The van der Waals surface area contributed by atoms with Gasteiger partial charge in [0.2, 0.25) is 0 Å². The highest BCUT2D eigenvalue weighted by Gasteiger charge is 2.40. The third-order valence-corrected chi connectivity index (χ3v) is 4.16. The zero-order chi connectivity index (χ0) is 15.0. The Hall–Kier alpha value is -1.06. The molecule has 0 saturated carbocycles. The Morgan fingerprint density at radius 1 is 1.65 bits per heavy atom. The van der Waals surface area contributed by atoms with Crippen molar-refractivity contribution in [1.29, 1.82) is 0 Å². The lowest BCUT2D eigenvalue weighted by molar-refractivity contribution is -0.0572.